The van der Waals surface area contributed by atoms with Crippen LogP contribution in [-0.4, -0.2) is 33.5 Å². The Kier molecular flexibility index (Phi) is 5.71. The van der Waals surface area contributed by atoms with Gasteiger partial charge in [0.25, 0.3) is 5.91 Å². The number of hydrogen-bond acceptors (Lipinski definition) is 7. The van der Waals surface area contributed by atoms with Crippen LogP contribution in [0.15, 0.2) is 59.7 Å². The molecule has 10 nitrogen and oxygen atoms in total. The standard InChI is InChI=1S/C25H22N6O4/c1-3-14-4-7-17(8-5-14)31-13-19(24(34)30-35-2)22(33)18-12-26-25(29-23(18)31)27-16-6-9-20-15(10-16)11-21(32)28-20/h4-10,12-13H,3,11H2,1-2H3,(H,28,32)(H,30,34)(H,26,27,29). The summed E-state index contributed by atoms with van der Waals surface area (Å²) in [4.78, 5) is 50.8. The number of benzene rings is 2. The highest BCUT2D eigenvalue weighted by Gasteiger charge is 2.20. The van der Waals surface area contributed by atoms with E-state index in [4.69, 9.17) is 4.84 Å². The summed E-state index contributed by atoms with van der Waals surface area (Å²) >= 11 is 0. The Labute approximate surface area is 199 Å². The molecule has 176 valence electrons. The summed E-state index contributed by atoms with van der Waals surface area (Å²) in [5.41, 5.74) is 6.17. The second-order valence-electron chi connectivity index (χ2n) is 8.05. The van der Waals surface area contributed by atoms with Gasteiger partial charge in [-0.25, -0.2) is 10.5 Å². The van der Waals surface area contributed by atoms with Gasteiger partial charge in [-0.2, -0.15) is 4.98 Å². The minimum Gasteiger partial charge on any atom is -0.326 e. The van der Waals surface area contributed by atoms with Crippen LogP contribution in [0.2, 0.25) is 0 Å². The van der Waals surface area contributed by atoms with Gasteiger partial charge in [-0.1, -0.05) is 19.1 Å². The van der Waals surface area contributed by atoms with Gasteiger partial charge in [-0.15, -0.1) is 0 Å². The summed E-state index contributed by atoms with van der Waals surface area (Å²) < 4.78 is 1.68. The maximum Gasteiger partial charge on any atom is 0.280 e. The fraction of sp³-hybridized carbons (Fsp3) is 0.160. The third kappa shape index (κ3) is 4.22. The summed E-state index contributed by atoms with van der Waals surface area (Å²) in [7, 11) is 1.30. The van der Waals surface area contributed by atoms with E-state index in [-0.39, 0.29) is 22.8 Å². The molecule has 0 saturated carbocycles. The molecule has 0 aliphatic carbocycles. The zero-order valence-electron chi connectivity index (χ0n) is 19.1. The van der Waals surface area contributed by atoms with Crippen LogP contribution in [0.5, 0.6) is 0 Å². The average molecular weight is 470 g/mol. The Bertz CT molecular complexity index is 1530. The molecule has 1 aliphatic rings. The fourth-order valence-electron chi connectivity index (χ4n) is 4.01. The van der Waals surface area contributed by atoms with Gasteiger partial charge in [-0.3, -0.25) is 19.2 Å². The Morgan fingerprint density at radius 1 is 1.17 bits per heavy atom. The highest BCUT2D eigenvalue weighted by molar-refractivity contribution is 5.99. The van der Waals surface area contributed by atoms with Crippen LogP contribution in [0.25, 0.3) is 16.7 Å². The Morgan fingerprint density at radius 3 is 2.71 bits per heavy atom. The molecule has 0 radical (unpaired) electrons. The molecule has 0 unspecified atom stereocenters. The van der Waals surface area contributed by atoms with Crippen molar-refractivity contribution in [2.75, 3.05) is 17.7 Å². The lowest BCUT2D eigenvalue weighted by atomic mass is 10.1. The summed E-state index contributed by atoms with van der Waals surface area (Å²) in [6, 6.07) is 13.3. The molecular formula is C25H22N6O4. The summed E-state index contributed by atoms with van der Waals surface area (Å²) in [5, 5.41) is 6.12. The van der Waals surface area contributed by atoms with Crippen molar-refractivity contribution in [2.24, 2.45) is 0 Å². The first-order chi connectivity index (χ1) is 17.0. The third-order valence-corrected chi connectivity index (χ3v) is 5.79. The van der Waals surface area contributed by atoms with Crippen LogP contribution in [0.1, 0.15) is 28.4 Å². The maximum atomic E-state index is 13.1. The number of amides is 2. The average Bonchev–Trinajstić information content (AvgIpc) is 3.24. The number of aromatic nitrogens is 3. The fourth-order valence-corrected chi connectivity index (χ4v) is 4.01. The monoisotopic (exact) mass is 470 g/mol. The normalized spacial score (nSPS) is 12.3. The summed E-state index contributed by atoms with van der Waals surface area (Å²) in [6.07, 6.45) is 4.03. The molecule has 2 amide bonds. The lowest BCUT2D eigenvalue weighted by Gasteiger charge is -2.14. The molecule has 3 N–H and O–H groups in total. The number of hydroxylamine groups is 1. The number of pyridine rings is 1. The number of carbonyl (C=O) groups is 2. The smallest absolute Gasteiger partial charge is 0.280 e. The summed E-state index contributed by atoms with van der Waals surface area (Å²) in [6.45, 7) is 2.06. The van der Waals surface area contributed by atoms with Gasteiger partial charge in [0.2, 0.25) is 17.3 Å². The quantitative estimate of drug-likeness (QED) is 0.370. The lowest BCUT2D eigenvalue weighted by molar-refractivity contribution is -0.115. The number of hydrogen-bond donors (Lipinski definition) is 3. The first-order valence-electron chi connectivity index (χ1n) is 11.0. The van der Waals surface area contributed by atoms with Gasteiger partial charge >= 0.3 is 0 Å². The van der Waals surface area contributed by atoms with Crippen molar-refractivity contribution >= 4 is 40.2 Å². The highest BCUT2D eigenvalue weighted by Crippen LogP contribution is 2.27. The maximum absolute atomic E-state index is 13.1. The van der Waals surface area contributed by atoms with E-state index in [0.29, 0.717) is 17.8 Å². The van der Waals surface area contributed by atoms with E-state index in [1.807, 2.05) is 42.5 Å². The summed E-state index contributed by atoms with van der Waals surface area (Å²) in [5.74, 6) is -0.450. The first-order valence-corrected chi connectivity index (χ1v) is 11.0. The first kappa shape index (κ1) is 22.2. The molecule has 2 aromatic carbocycles. The van der Waals surface area contributed by atoms with Crippen molar-refractivity contribution in [2.45, 2.75) is 19.8 Å². The minimum atomic E-state index is -0.665. The zero-order valence-corrected chi connectivity index (χ0v) is 19.1. The molecule has 3 heterocycles. The molecule has 35 heavy (non-hydrogen) atoms. The predicted octanol–water partition coefficient (Wildman–Crippen LogP) is 2.87. The van der Waals surface area contributed by atoms with Crippen LogP contribution in [0, 0.1) is 0 Å². The largest absolute Gasteiger partial charge is 0.326 e. The van der Waals surface area contributed by atoms with Gasteiger partial charge in [0.15, 0.2) is 5.65 Å². The number of rotatable bonds is 6. The second kappa shape index (κ2) is 8.99. The highest BCUT2D eigenvalue weighted by atomic mass is 16.6. The Balaban J connectivity index is 1.62. The molecule has 5 rings (SSSR count). The van der Waals surface area contributed by atoms with E-state index in [9.17, 15) is 14.4 Å². The number of fused-ring (bicyclic) bond motifs is 2. The van der Waals surface area contributed by atoms with E-state index >= 15 is 0 Å². The number of aryl methyl sites for hydroxylation is 1. The van der Waals surface area contributed by atoms with Gasteiger partial charge < -0.3 is 15.2 Å². The molecule has 2 aromatic heterocycles. The molecule has 0 atom stereocenters. The number of nitrogens with zero attached hydrogens (tertiary/aromatic N) is 3. The van der Waals surface area contributed by atoms with Crippen molar-refractivity contribution in [1.82, 2.24) is 20.0 Å². The SMILES string of the molecule is CCc1ccc(-n2cc(C(=O)NOC)c(=O)c3cnc(Nc4ccc5c(c4)CC(=O)N5)nc32)cc1. The van der Waals surface area contributed by atoms with Crippen molar-refractivity contribution in [3.8, 4) is 5.69 Å². The predicted molar refractivity (Wildman–Crippen MR) is 131 cm³/mol. The molecule has 1 aliphatic heterocycles. The van der Waals surface area contributed by atoms with E-state index in [0.717, 1.165) is 28.9 Å². The van der Waals surface area contributed by atoms with Crippen LogP contribution in [0.3, 0.4) is 0 Å². The van der Waals surface area contributed by atoms with Crippen LogP contribution in [0.4, 0.5) is 17.3 Å². The van der Waals surface area contributed by atoms with Crippen LogP contribution in [-0.2, 0) is 22.5 Å². The Hall–Kier alpha value is -4.57. The minimum absolute atomic E-state index is 0.0504. The van der Waals surface area contributed by atoms with Gasteiger partial charge in [0.1, 0.15) is 5.56 Å². The number of anilines is 3. The van der Waals surface area contributed by atoms with Crippen LogP contribution < -0.4 is 21.5 Å². The van der Waals surface area contributed by atoms with Gasteiger partial charge in [-0.05, 0) is 47.9 Å². The van der Waals surface area contributed by atoms with Crippen molar-refractivity contribution in [3.63, 3.8) is 0 Å². The van der Waals surface area contributed by atoms with E-state index < -0.39 is 11.3 Å². The molecular weight excluding hydrogens is 448 g/mol. The van der Waals surface area contributed by atoms with Crippen molar-refractivity contribution < 1.29 is 14.4 Å². The third-order valence-electron chi connectivity index (χ3n) is 5.79. The van der Waals surface area contributed by atoms with Gasteiger partial charge in [0, 0.05) is 29.5 Å². The lowest BCUT2D eigenvalue weighted by Crippen LogP contribution is -2.29. The molecule has 10 heteroatoms. The van der Waals surface area contributed by atoms with E-state index in [1.165, 1.54) is 19.5 Å². The van der Waals surface area contributed by atoms with Crippen molar-refractivity contribution in [3.05, 3.63) is 81.8 Å². The van der Waals surface area contributed by atoms with E-state index in [1.54, 1.807) is 4.57 Å². The zero-order chi connectivity index (χ0) is 24.5. The number of nitrogens with one attached hydrogen (secondary N) is 3. The molecule has 0 spiro atoms. The topological polar surface area (TPSA) is 127 Å². The molecule has 0 saturated heterocycles. The van der Waals surface area contributed by atoms with E-state index in [2.05, 4.69) is 33.0 Å². The second-order valence-corrected chi connectivity index (χ2v) is 8.05. The Morgan fingerprint density at radius 2 is 1.97 bits per heavy atom. The molecule has 0 bridgehead atoms. The van der Waals surface area contributed by atoms with Crippen LogP contribution >= 0.6 is 0 Å². The van der Waals surface area contributed by atoms with Crippen molar-refractivity contribution in [1.29, 1.82) is 0 Å². The molecule has 0 fully saturated rings. The molecule has 4 aromatic rings. The van der Waals surface area contributed by atoms with Gasteiger partial charge in [0.05, 0.1) is 18.9 Å². The number of carbonyl (C=O) groups excluding carboxylic acids is 2.